The second kappa shape index (κ2) is 6.22. The summed E-state index contributed by atoms with van der Waals surface area (Å²) in [6, 6.07) is 2.28. The quantitative estimate of drug-likeness (QED) is 0.907. The normalized spacial score (nSPS) is 23.3. The highest BCUT2D eigenvalue weighted by Gasteiger charge is 2.26. The van der Waals surface area contributed by atoms with Crippen LogP contribution in [0.5, 0.6) is 0 Å². The minimum absolute atomic E-state index is 0.0538. The van der Waals surface area contributed by atoms with Gasteiger partial charge in [-0.1, -0.05) is 20.3 Å². The van der Waals surface area contributed by atoms with Crippen molar-refractivity contribution in [2.75, 3.05) is 7.05 Å². The Morgan fingerprint density at radius 1 is 1.42 bits per heavy atom. The molecular weight excluding hydrogens is 238 g/mol. The lowest BCUT2D eigenvalue weighted by Crippen LogP contribution is -2.39. The van der Waals surface area contributed by atoms with Crippen LogP contribution < -0.4 is 0 Å². The molecule has 0 unspecified atom stereocenters. The largest absolute Gasteiger partial charge is 0.337 e. The van der Waals surface area contributed by atoms with Gasteiger partial charge < -0.3 is 4.90 Å². The van der Waals surface area contributed by atoms with Crippen molar-refractivity contribution in [1.29, 1.82) is 0 Å². The molecule has 1 amide bonds. The van der Waals surface area contributed by atoms with Gasteiger partial charge in [-0.3, -0.25) is 9.89 Å². The van der Waals surface area contributed by atoms with E-state index in [1.54, 1.807) is 0 Å². The van der Waals surface area contributed by atoms with Gasteiger partial charge in [0.25, 0.3) is 5.91 Å². The van der Waals surface area contributed by atoms with Gasteiger partial charge in [0.2, 0.25) is 0 Å². The minimum atomic E-state index is 0.0538. The lowest BCUT2D eigenvalue weighted by atomic mass is 9.86. The fourth-order valence-corrected chi connectivity index (χ4v) is 2.84. The van der Waals surface area contributed by atoms with Crippen LogP contribution >= 0.6 is 0 Å². The highest BCUT2D eigenvalue weighted by molar-refractivity contribution is 5.92. The van der Waals surface area contributed by atoms with Crippen molar-refractivity contribution in [2.45, 2.75) is 58.4 Å². The highest BCUT2D eigenvalue weighted by atomic mass is 16.2. The zero-order valence-corrected chi connectivity index (χ0v) is 12.3. The molecule has 0 saturated heterocycles. The highest BCUT2D eigenvalue weighted by Crippen LogP contribution is 2.27. The van der Waals surface area contributed by atoms with Crippen molar-refractivity contribution in [3.8, 4) is 0 Å². The molecule has 19 heavy (non-hydrogen) atoms. The molecule has 0 bridgehead atoms. The van der Waals surface area contributed by atoms with Crippen molar-refractivity contribution >= 4 is 5.91 Å². The molecule has 1 aliphatic carbocycles. The Bertz CT molecular complexity index is 419. The number of aromatic amines is 1. The summed E-state index contributed by atoms with van der Waals surface area (Å²) in [6.07, 6.45) is 6.70. The number of amides is 1. The second-order valence-corrected chi connectivity index (χ2v) is 5.86. The van der Waals surface area contributed by atoms with Crippen LogP contribution in [0.25, 0.3) is 0 Å². The van der Waals surface area contributed by atoms with E-state index in [2.05, 4.69) is 24.0 Å². The maximum Gasteiger partial charge on any atom is 0.274 e. The Morgan fingerprint density at radius 3 is 2.74 bits per heavy atom. The fourth-order valence-electron chi connectivity index (χ4n) is 2.84. The third kappa shape index (κ3) is 3.37. The zero-order valence-electron chi connectivity index (χ0n) is 12.3. The molecule has 0 atom stereocenters. The van der Waals surface area contributed by atoms with Crippen LogP contribution in [0.15, 0.2) is 6.07 Å². The summed E-state index contributed by atoms with van der Waals surface area (Å²) < 4.78 is 0. The van der Waals surface area contributed by atoms with Gasteiger partial charge >= 0.3 is 0 Å². The summed E-state index contributed by atoms with van der Waals surface area (Å²) >= 11 is 0. The van der Waals surface area contributed by atoms with E-state index in [0.29, 0.717) is 11.7 Å². The van der Waals surface area contributed by atoms with Crippen LogP contribution in [0, 0.1) is 5.92 Å². The molecule has 1 aromatic heterocycles. The van der Waals surface area contributed by atoms with Gasteiger partial charge in [0.1, 0.15) is 5.69 Å². The van der Waals surface area contributed by atoms with E-state index in [-0.39, 0.29) is 5.91 Å². The fraction of sp³-hybridized carbons (Fsp3) is 0.733. The van der Waals surface area contributed by atoms with Crippen LogP contribution in [-0.4, -0.2) is 34.1 Å². The molecule has 1 heterocycles. The molecule has 1 fully saturated rings. The number of nitrogens with zero attached hydrogens (tertiary/aromatic N) is 2. The SMILES string of the molecule is CCCc1cc(C(=O)N(C)C2CCC(C)CC2)n[nH]1. The number of nitrogens with one attached hydrogen (secondary N) is 1. The summed E-state index contributed by atoms with van der Waals surface area (Å²) in [5, 5.41) is 7.10. The summed E-state index contributed by atoms with van der Waals surface area (Å²) in [6.45, 7) is 4.42. The second-order valence-electron chi connectivity index (χ2n) is 5.86. The molecule has 1 saturated carbocycles. The van der Waals surface area contributed by atoms with Crippen molar-refractivity contribution in [2.24, 2.45) is 5.92 Å². The van der Waals surface area contributed by atoms with E-state index in [0.717, 1.165) is 37.3 Å². The van der Waals surface area contributed by atoms with Crippen molar-refractivity contribution in [3.63, 3.8) is 0 Å². The molecule has 2 rings (SSSR count). The van der Waals surface area contributed by atoms with Gasteiger partial charge in [-0.15, -0.1) is 0 Å². The van der Waals surface area contributed by atoms with E-state index in [1.807, 2.05) is 18.0 Å². The van der Waals surface area contributed by atoms with Crippen molar-refractivity contribution in [3.05, 3.63) is 17.5 Å². The molecule has 0 radical (unpaired) electrons. The standard InChI is InChI=1S/C15H25N3O/c1-4-5-12-10-14(17-16-12)15(19)18(3)13-8-6-11(2)7-9-13/h10-11,13H,4-9H2,1-3H3,(H,16,17). The van der Waals surface area contributed by atoms with Gasteiger partial charge in [0, 0.05) is 18.8 Å². The van der Waals surface area contributed by atoms with Gasteiger partial charge in [-0.25, -0.2) is 0 Å². The van der Waals surface area contributed by atoms with Gasteiger partial charge in [-0.05, 0) is 44.1 Å². The van der Waals surface area contributed by atoms with E-state index >= 15 is 0 Å². The van der Waals surface area contributed by atoms with Crippen LogP contribution in [0.1, 0.15) is 62.1 Å². The molecule has 4 heteroatoms. The summed E-state index contributed by atoms with van der Waals surface area (Å²) in [5.41, 5.74) is 1.61. The molecule has 0 spiro atoms. The predicted octanol–water partition coefficient (Wildman–Crippen LogP) is 3.01. The minimum Gasteiger partial charge on any atom is -0.337 e. The Hall–Kier alpha value is -1.32. The van der Waals surface area contributed by atoms with Crippen LogP contribution in [-0.2, 0) is 6.42 Å². The van der Waals surface area contributed by atoms with E-state index < -0.39 is 0 Å². The van der Waals surface area contributed by atoms with Crippen LogP contribution in [0.4, 0.5) is 0 Å². The summed E-state index contributed by atoms with van der Waals surface area (Å²) in [5.74, 6) is 0.861. The third-order valence-corrected chi connectivity index (χ3v) is 4.22. The van der Waals surface area contributed by atoms with Gasteiger partial charge in [-0.2, -0.15) is 5.10 Å². The van der Waals surface area contributed by atoms with E-state index in [9.17, 15) is 4.79 Å². The zero-order chi connectivity index (χ0) is 13.8. The molecule has 0 aromatic carbocycles. The maximum absolute atomic E-state index is 12.4. The summed E-state index contributed by atoms with van der Waals surface area (Å²) in [7, 11) is 1.91. The number of rotatable bonds is 4. The lowest BCUT2D eigenvalue weighted by Gasteiger charge is -2.33. The van der Waals surface area contributed by atoms with Crippen molar-refractivity contribution in [1.82, 2.24) is 15.1 Å². The molecule has 106 valence electrons. The smallest absolute Gasteiger partial charge is 0.274 e. The maximum atomic E-state index is 12.4. The average molecular weight is 263 g/mol. The van der Waals surface area contributed by atoms with Crippen LogP contribution in [0.2, 0.25) is 0 Å². The number of aromatic nitrogens is 2. The predicted molar refractivity (Wildman–Crippen MR) is 76.1 cm³/mol. The molecule has 1 aliphatic rings. The third-order valence-electron chi connectivity index (χ3n) is 4.22. The Labute approximate surface area is 115 Å². The Kier molecular flexibility index (Phi) is 4.61. The lowest BCUT2D eigenvalue weighted by molar-refractivity contribution is 0.0673. The molecular formula is C15H25N3O. The first kappa shape index (κ1) is 14.1. The van der Waals surface area contributed by atoms with Crippen molar-refractivity contribution < 1.29 is 4.79 Å². The van der Waals surface area contributed by atoms with Gasteiger partial charge in [0.15, 0.2) is 0 Å². The first-order chi connectivity index (χ1) is 9.11. The van der Waals surface area contributed by atoms with Crippen LogP contribution in [0.3, 0.4) is 0 Å². The monoisotopic (exact) mass is 263 g/mol. The van der Waals surface area contributed by atoms with Gasteiger partial charge in [0.05, 0.1) is 0 Å². The molecule has 1 aromatic rings. The topological polar surface area (TPSA) is 49.0 Å². The number of hydrogen-bond acceptors (Lipinski definition) is 2. The first-order valence-corrected chi connectivity index (χ1v) is 7.43. The number of H-pyrrole nitrogens is 1. The number of carbonyl (C=O) groups excluding carboxylic acids is 1. The molecule has 1 N–H and O–H groups in total. The Morgan fingerprint density at radius 2 is 2.11 bits per heavy atom. The number of hydrogen-bond donors (Lipinski definition) is 1. The molecule has 0 aliphatic heterocycles. The summed E-state index contributed by atoms with van der Waals surface area (Å²) in [4.78, 5) is 14.3. The van der Waals surface area contributed by atoms with E-state index in [4.69, 9.17) is 0 Å². The average Bonchev–Trinajstić information content (AvgIpc) is 2.87. The molecule has 4 nitrogen and oxygen atoms in total. The Balaban J connectivity index is 1.97. The first-order valence-electron chi connectivity index (χ1n) is 7.43. The van der Waals surface area contributed by atoms with E-state index in [1.165, 1.54) is 12.8 Å². The number of carbonyl (C=O) groups is 1. The number of aryl methyl sites for hydroxylation is 1.